The van der Waals surface area contributed by atoms with Crippen molar-refractivity contribution in [1.29, 1.82) is 0 Å². The van der Waals surface area contributed by atoms with Gasteiger partial charge in [0.15, 0.2) is 6.61 Å². The molecule has 4 amide bonds. The fourth-order valence-electron chi connectivity index (χ4n) is 2.69. The Morgan fingerprint density at radius 1 is 1.17 bits per heavy atom. The van der Waals surface area contributed by atoms with Crippen molar-refractivity contribution >= 4 is 46.5 Å². The average molecular weight is 425 g/mol. The number of carbonyl (C=O) groups excluding carboxylic acids is 4. The van der Waals surface area contributed by atoms with E-state index in [4.69, 9.17) is 10.5 Å². The molecule has 2 aromatic rings. The third kappa shape index (κ3) is 5.26. The molecule has 0 bridgehead atoms. The summed E-state index contributed by atoms with van der Waals surface area (Å²) in [5.74, 6) is -1.21. The number of hydrogen-bond donors (Lipinski definition) is 2. The molecule has 154 valence electrons. The van der Waals surface area contributed by atoms with E-state index in [1.54, 1.807) is 30.3 Å². The molecule has 8 nitrogen and oxygen atoms in total. The van der Waals surface area contributed by atoms with E-state index in [1.807, 2.05) is 25.1 Å². The molecule has 30 heavy (non-hydrogen) atoms. The Morgan fingerprint density at radius 2 is 1.93 bits per heavy atom. The molecule has 1 saturated heterocycles. The molecule has 0 saturated carbocycles. The van der Waals surface area contributed by atoms with Crippen LogP contribution in [0.4, 0.5) is 10.5 Å². The number of anilines is 1. The van der Waals surface area contributed by atoms with Crippen LogP contribution < -0.4 is 15.8 Å². The second-order valence-corrected chi connectivity index (χ2v) is 7.45. The van der Waals surface area contributed by atoms with Crippen molar-refractivity contribution in [1.82, 2.24) is 4.90 Å². The van der Waals surface area contributed by atoms with E-state index in [9.17, 15) is 19.2 Å². The fraction of sp³-hybridized carbons (Fsp3) is 0.143. The number of para-hydroxylation sites is 1. The van der Waals surface area contributed by atoms with Gasteiger partial charge in [-0.1, -0.05) is 30.3 Å². The number of ether oxygens (including phenoxy) is 1. The van der Waals surface area contributed by atoms with Gasteiger partial charge in [-0.2, -0.15) is 0 Å². The van der Waals surface area contributed by atoms with E-state index in [0.717, 1.165) is 22.2 Å². The Kier molecular flexibility index (Phi) is 6.53. The van der Waals surface area contributed by atoms with Gasteiger partial charge in [0, 0.05) is 5.69 Å². The van der Waals surface area contributed by atoms with E-state index in [-0.39, 0.29) is 17.4 Å². The molecule has 0 spiro atoms. The average Bonchev–Trinajstić information content (AvgIpc) is 2.95. The first-order valence-electron chi connectivity index (χ1n) is 8.95. The normalized spacial score (nSPS) is 14.8. The molecule has 0 aromatic heterocycles. The lowest BCUT2D eigenvalue weighted by molar-refractivity contribution is -0.127. The van der Waals surface area contributed by atoms with Gasteiger partial charge in [-0.05, 0) is 54.1 Å². The summed E-state index contributed by atoms with van der Waals surface area (Å²) >= 11 is 0.731. The molecule has 1 heterocycles. The molecule has 0 atom stereocenters. The zero-order valence-electron chi connectivity index (χ0n) is 16.1. The molecular formula is C21H19N3O5S. The topological polar surface area (TPSA) is 119 Å². The lowest BCUT2D eigenvalue weighted by Crippen LogP contribution is -2.36. The van der Waals surface area contributed by atoms with Crippen LogP contribution in [0.15, 0.2) is 53.4 Å². The van der Waals surface area contributed by atoms with Crippen molar-refractivity contribution in [3.05, 3.63) is 64.6 Å². The standard InChI is InChI=1S/C21H19N3O5S/c1-13-5-2-3-8-16(13)23-19(26)12-29-15-7-4-6-14(9-15)10-17-20(27)24(11-18(22)25)21(28)30-17/h2-10H,11-12H2,1H3,(H2,22,25)(H,23,26)/b17-10-. The number of nitrogens with one attached hydrogen (secondary N) is 1. The van der Waals surface area contributed by atoms with E-state index < -0.39 is 23.6 Å². The largest absolute Gasteiger partial charge is 0.484 e. The van der Waals surface area contributed by atoms with Crippen LogP contribution in [0.2, 0.25) is 0 Å². The summed E-state index contributed by atoms with van der Waals surface area (Å²) < 4.78 is 5.54. The number of thioether (sulfide) groups is 1. The quantitative estimate of drug-likeness (QED) is 0.658. The number of carbonyl (C=O) groups is 4. The number of benzene rings is 2. The maximum Gasteiger partial charge on any atom is 0.294 e. The fourth-order valence-corrected chi connectivity index (χ4v) is 3.52. The molecule has 0 unspecified atom stereocenters. The number of hydrogen-bond acceptors (Lipinski definition) is 6. The summed E-state index contributed by atoms with van der Waals surface area (Å²) in [6, 6.07) is 14.2. The highest BCUT2D eigenvalue weighted by molar-refractivity contribution is 8.18. The summed E-state index contributed by atoms with van der Waals surface area (Å²) in [4.78, 5) is 48.3. The van der Waals surface area contributed by atoms with Crippen LogP contribution in [0.5, 0.6) is 5.75 Å². The van der Waals surface area contributed by atoms with Gasteiger partial charge < -0.3 is 15.8 Å². The number of imide groups is 1. The van der Waals surface area contributed by atoms with Crippen molar-refractivity contribution in [2.45, 2.75) is 6.92 Å². The predicted molar refractivity (Wildman–Crippen MR) is 114 cm³/mol. The van der Waals surface area contributed by atoms with Gasteiger partial charge in [0.25, 0.3) is 17.1 Å². The van der Waals surface area contributed by atoms with Crippen LogP contribution >= 0.6 is 11.8 Å². The monoisotopic (exact) mass is 425 g/mol. The lowest BCUT2D eigenvalue weighted by Gasteiger charge is -2.10. The molecule has 3 rings (SSSR count). The number of aryl methyl sites for hydroxylation is 1. The summed E-state index contributed by atoms with van der Waals surface area (Å²) in [6.07, 6.45) is 1.52. The van der Waals surface area contributed by atoms with E-state index in [0.29, 0.717) is 17.0 Å². The Bertz CT molecular complexity index is 1050. The predicted octanol–water partition coefficient (Wildman–Crippen LogP) is 2.53. The first-order valence-corrected chi connectivity index (χ1v) is 9.77. The summed E-state index contributed by atoms with van der Waals surface area (Å²) in [5, 5.41) is 2.23. The summed E-state index contributed by atoms with van der Waals surface area (Å²) in [7, 11) is 0. The van der Waals surface area contributed by atoms with Crippen LogP contribution in [0.1, 0.15) is 11.1 Å². The molecule has 2 aromatic carbocycles. The number of nitrogens with zero attached hydrogens (tertiary/aromatic N) is 1. The third-order valence-electron chi connectivity index (χ3n) is 4.13. The van der Waals surface area contributed by atoms with Crippen LogP contribution in [-0.2, 0) is 14.4 Å². The van der Waals surface area contributed by atoms with Gasteiger partial charge in [-0.25, -0.2) is 0 Å². The SMILES string of the molecule is Cc1ccccc1NC(=O)COc1cccc(/C=C2\SC(=O)N(CC(N)=O)C2=O)c1. The second-order valence-electron chi connectivity index (χ2n) is 6.46. The molecule has 1 aliphatic heterocycles. The van der Waals surface area contributed by atoms with Crippen molar-refractivity contribution < 1.29 is 23.9 Å². The van der Waals surface area contributed by atoms with E-state index in [2.05, 4.69) is 5.32 Å². The van der Waals surface area contributed by atoms with Crippen LogP contribution in [0.3, 0.4) is 0 Å². The number of amides is 4. The minimum Gasteiger partial charge on any atom is -0.484 e. The molecular weight excluding hydrogens is 406 g/mol. The molecule has 1 fully saturated rings. The number of nitrogens with two attached hydrogens (primary N) is 1. The van der Waals surface area contributed by atoms with Crippen molar-refractivity contribution in [2.24, 2.45) is 5.73 Å². The van der Waals surface area contributed by atoms with Gasteiger partial charge in [0.1, 0.15) is 12.3 Å². The Morgan fingerprint density at radius 3 is 2.67 bits per heavy atom. The van der Waals surface area contributed by atoms with Crippen molar-refractivity contribution in [3.63, 3.8) is 0 Å². The van der Waals surface area contributed by atoms with Gasteiger partial charge in [0.2, 0.25) is 5.91 Å². The summed E-state index contributed by atoms with van der Waals surface area (Å²) in [5.41, 5.74) is 7.33. The summed E-state index contributed by atoms with van der Waals surface area (Å²) in [6.45, 7) is 1.25. The second kappa shape index (κ2) is 9.27. The van der Waals surface area contributed by atoms with Crippen LogP contribution in [0, 0.1) is 6.92 Å². The van der Waals surface area contributed by atoms with Crippen molar-refractivity contribution in [3.8, 4) is 5.75 Å². The first-order chi connectivity index (χ1) is 14.3. The molecule has 0 radical (unpaired) electrons. The minimum absolute atomic E-state index is 0.177. The lowest BCUT2D eigenvalue weighted by atomic mass is 10.2. The Labute approximate surface area is 177 Å². The number of primary amides is 1. The van der Waals surface area contributed by atoms with Crippen LogP contribution in [0.25, 0.3) is 6.08 Å². The Balaban J connectivity index is 1.64. The van der Waals surface area contributed by atoms with Crippen molar-refractivity contribution in [2.75, 3.05) is 18.5 Å². The van der Waals surface area contributed by atoms with E-state index in [1.165, 1.54) is 6.08 Å². The van der Waals surface area contributed by atoms with Gasteiger partial charge in [-0.3, -0.25) is 24.1 Å². The maximum atomic E-state index is 12.3. The molecule has 3 N–H and O–H groups in total. The molecule has 9 heteroatoms. The van der Waals surface area contributed by atoms with Gasteiger partial charge >= 0.3 is 0 Å². The smallest absolute Gasteiger partial charge is 0.294 e. The molecule has 0 aliphatic carbocycles. The minimum atomic E-state index is -0.766. The number of rotatable bonds is 7. The Hall–Kier alpha value is -3.59. The van der Waals surface area contributed by atoms with Gasteiger partial charge in [0.05, 0.1) is 4.91 Å². The highest BCUT2D eigenvalue weighted by Crippen LogP contribution is 2.32. The van der Waals surface area contributed by atoms with E-state index >= 15 is 0 Å². The highest BCUT2D eigenvalue weighted by Gasteiger charge is 2.35. The first kappa shape index (κ1) is 21.1. The zero-order chi connectivity index (χ0) is 21.7. The third-order valence-corrected chi connectivity index (χ3v) is 5.04. The zero-order valence-corrected chi connectivity index (χ0v) is 16.9. The molecule has 1 aliphatic rings. The van der Waals surface area contributed by atoms with Gasteiger partial charge in [-0.15, -0.1) is 0 Å². The highest BCUT2D eigenvalue weighted by atomic mass is 32.2. The maximum absolute atomic E-state index is 12.3. The van der Waals surface area contributed by atoms with Crippen LogP contribution in [-0.4, -0.2) is 41.0 Å².